The summed E-state index contributed by atoms with van der Waals surface area (Å²) >= 11 is 7.13. The minimum absolute atomic E-state index is 0.0171. The van der Waals surface area contributed by atoms with Crippen molar-refractivity contribution in [1.29, 1.82) is 0 Å². The third-order valence-corrected chi connectivity index (χ3v) is 6.65. The fraction of sp³-hybridized carbons (Fsp3) is 0.100. The third kappa shape index (κ3) is 4.39. The number of hydrogen-bond acceptors (Lipinski definition) is 4. The van der Waals surface area contributed by atoms with Gasteiger partial charge in [-0.15, -0.1) is 11.3 Å². The Bertz CT molecular complexity index is 1150. The number of benzene rings is 1. The lowest BCUT2D eigenvalue weighted by molar-refractivity contribution is 0.0986. The topological polar surface area (TPSA) is 55.2 Å². The van der Waals surface area contributed by atoms with Crippen LogP contribution in [0.4, 0.5) is 10.1 Å². The summed E-state index contributed by atoms with van der Waals surface area (Å²) in [5.74, 6) is -0.473. The summed E-state index contributed by atoms with van der Waals surface area (Å²) in [5.41, 5.74) is 1.55. The minimum Gasteiger partial charge on any atom is -0.306 e. The zero-order chi connectivity index (χ0) is 20.4. The molecule has 0 bridgehead atoms. The fourth-order valence-corrected chi connectivity index (χ4v) is 4.74. The van der Waals surface area contributed by atoms with Gasteiger partial charge in [-0.2, -0.15) is 0 Å². The van der Waals surface area contributed by atoms with Crippen molar-refractivity contribution in [2.75, 3.05) is 4.31 Å². The number of anilines is 1. The maximum atomic E-state index is 14.6. The Balaban J connectivity index is 1.46. The van der Waals surface area contributed by atoms with Gasteiger partial charge in [-0.05, 0) is 36.8 Å². The molecule has 2 aromatic heterocycles. The zero-order valence-corrected chi connectivity index (χ0v) is 17.4. The number of allylic oxidation sites excluding steroid dienone is 2. The van der Waals surface area contributed by atoms with Crippen molar-refractivity contribution in [2.24, 2.45) is 0 Å². The highest BCUT2D eigenvalue weighted by atomic mass is 35.5. The molecule has 0 saturated heterocycles. The van der Waals surface area contributed by atoms with E-state index in [9.17, 15) is 13.4 Å². The maximum Gasteiger partial charge on any atom is 0.173 e. The molecule has 1 aliphatic rings. The van der Waals surface area contributed by atoms with E-state index in [1.807, 2.05) is 0 Å². The lowest BCUT2D eigenvalue weighted by atomic mass is 10.1. The molecule has 3 aromatic rings. The second-order valence-electron chi connectivity index (χ2n) is 6.21. The summed E-state index contributed by atoms with van der Waals surface area (Å²) in [6.07, 6.45) is 9.07. The maximum absolute atomic E-state index is 14.6. The van der Waals surface area contributed by atoms with Crippen LogP contribution in [0.25, 0.3) is 5.69 Å². The molecule has 5 nitrogen and oxygen atoms in total. The predicted molar refractivity (Wildman–Crippen MR) is 114 cm³/mol. The Morgan fingerprint density at radius 3 is 2.83 bits per heavy atom. The first-order valence-electron chi connectivity index (χ1n) is 8.67. The number of aromatic nitrogens is 2. The van der Waals surface area contributed by atoms with Crippen LogP contribution in [0, 0.1) is 5.82 Å². The van der Waals surface area contributed by atoms with Crippen molar-refractivity contribution in [2.45, 2.75) is 12.8 Å². The molecule has 1 aliphatic heterocycles. The number of rotatable bonds is 6. The van der Waals surface area contributed by atoms with Crippen molar-refractivity contribution in [1.82, 2.24) is 9.55 Å². The third-order valence-electron chi connectivity index (χ3n) is 4.28. The van der Waals surface area contributed by atoms with E-state index in [1.165, 1.54) is 27.1 Å². The molecule has 0 radical (unpaired) electrons. The van der Waals surface area contributed by atoms with Gasteiger partial charge < -0.3 is 4.57 Å². The van der Waals surface area contributed by atoms with Crippen LogP contribution in [-0.4, -0.2) is 19.5 Å². The number of carbonyl (C=O) groups excluding carboxylic acids is 1. The van der Waals surface area contributed by atoms with Crippen molar-refractivity contribution in [3.8, 4) is 5.69 Å². The molecule has 1 atom stereocenters. The number of ketones is 1. The number of Topliss-reactive ketones (excluding diaryl/α,β-unsaturated/α-hetero) is 1. The van der Waals surface area contributed by atoms with Crippen LogP contribution in [0.1, 0.15) is 21.8 Å². The lowest BCUT2D eigenvalue weighted by Gasteiger charge is -2.20. The van der Waals surface area contributed by atoms with E-state index in [-0.39, 0.29) is 11.5 Å². The van der Waals surface area contributed by atoms with E-state index < -0.39 is 16.8 Å². The molecular weight excluding hydrogens is 433 g/mol. The first-order chi connectivity index (χ1) is 14.0. The standard InChI is InChI=1S/C20H15ClFN3O2S2/c21-20-8-7-19(28-20)18(26)6-3-14-12-24(13-23-14)15-4-5-17(16(22)11-15)25-9-1-2-10-29(25)27/h1-2,4-5,7-13H,3,6H2. The summed E-state index contributed by atoms with van der Waals surface area (Å²) in [6.45, 7) is 0. The summed E-state index contributed by atoms with van der Waals surface area (Å²) in [6, 6.07) is 8.10. The second-order valence-corrected chi connectivity index (χ2v) is 9.14. The number of halogens is 2. The quantitative estimate of drug-likeness (QED) is 0.497. The van der Waals surface area contributed by atoms with Crippen LogP contribution in [0.5, 0.6) is 0 Å². The molecular formula is C20H15ClFN3O2S2. The number of nitrogens with zero attached hydrogens (tertiary/aromatic N) is 3. The molecule has 0 aliphatic carbocycles. The second kappa shape index (κ2) is 8.44. The highest BCUT2D eigenvalue weighted by molar-refractivity contribution is 7.89. The van der Waals surface area contributed by atoms with Crippen LogP contribution >= 0.6 is 22.9 Å². The average Bonchev–Trinajstić information content (AvgIpc) is 3.36. The normalized spacial score (nSPS) is 15.8. The monoisotopic (exact) mass is 447 g/mol. The summed E-state index contributed by atoms with van der Waals surface area (Å²) in [5, 5.41) is 1.49. The Morgan fingerprint density at radius 2 is 2.10 bits per heavy atom. The van der Waals surface area contributed by atoms with E-state index in [2.05, 4.69) is 4.98 Å². The summed E-state index contributed by atoms with van der Waals surface area (Å²) in [4.78, 5) is 17.1. The SMILES string of the molecule is O=C(CCc1cn(-c2ccc(N3C=CC=CS3=O)c(F)c2)cn1)c1ccc(Cl)s1. The van der Waals surface area contributed by atoms with Gasteiger partial charge >= 0.3 is 0 Å². The van der Waals surface area contributed by atoms with E-state index in [1.54, 1.807) is 59.7 Å². The molecule has 29 heavy (non-hydrogen) atoms. The Kier molecular flexibility index (Phi) is 5.75. The van der Waals surface area contributed by atoms with Gasteiger partial charge in [0.25, 0.3) is 0 Å². The first kappa shape index (κ1) is 19.8. The number of aryl methyl sites for hydroxylation is 1. The number of thiophene rings is 1. The highest BCUT2D eigenvalue weighted by Gasteiger charge is 2.16. The van der Waals surface area contributed by atoms with E-state index >= 15 is 0 Å². The fourth-order valence-electron chi connectivity index (χ4n) is 2.84. The van der Waals surface area contributed by atoms with Crippen LogP contribution in [-0.2, 0) is 17.4 Å². The molecule has 3 heterocycles. The van der Waals surface area contributed by atoms with Crippen molar-refractivity contribution in [3.05, 3.63) is 87.3 Å². The van der Waals surface area contributed by atoms with Gasteiger partial charge in [0.05, 0.1) is 26.9 Å². The van der Waals surface area contributed by atoms with Gasteiger partial charge in [-0.3, -0.25) is 9.10 Å². The highest BCUT2D eigenvalue weighted by Crippen LogP contribution is 2.26. The molecule has 0 N–H and O–H groups in total. The molecule has 1 unspecified atom stereocenters. The van der Waals surface area contributed by atoms with Gasteiger partial charge in [-0.25, -0.2) is 13.6 Å². The molecule has 1 aromatic carbocycles. The van der Waals surface area contributed by atoms with Crippen LogP contribution < -0.4 is 4.31 Å². The van der Waals surface area contributed by atoms with Gasteiger partial charge in [0, 0.05) is 36.0 Å². The Morgan fingerprint density at radius 1 is 1.24 bits per heavy atom. The number of carbonyl (C=O) groups is 1. The molecule has 9 heteroatoms. The summed E-state index contributed by atoms with van der Waals surface area (Å²) in [7, 11) is -1.44. The van der Waals surface area contributed by atoms with E-state index in [0.717, 1.165) is 5.69 Å². The van der Waals surface area contributed by atoms with Crippen molar-refractivity contribution in [3.63, 3.8) is 0 Å². The Labute approximate surface area is 178 Å². The van der Waals surface area contributed by atoms with Gasteiger partial charge in [-0.1, -0.05) is 17.7 Å². The number of hydrogen-bond donors (Lipinski definition) is 0. The zero-order valence-electron chi connectivity index (χ0n) is 15.0. The van der Waals surface area contributed by atoms with Crippen molar-refractivity contribution < 1.29 is 13.4 Å². The van der Waals surface area contributed by atoms with Crippen LogP contribution in [0.3, 0.4) is 0 Å². The van der Waals surface area contributed by atoms with E-state index in [4.69, 9.17) is 11.6 Å². The Hall–Kier alpha value is -2.55. The predicted octanol–water partition coefficient (Wildman–Crippen LogP) is 5.05. The largest absolute Gasteiger partial charge is 0.306 e. The van der Waals surface area contributed by atoms with Gasteiger partial charge in [0.1, 0.15) is 16.8 Å². The smallest absolute Gasteiger partial charge is 0.173 e. The average molecular weight is 448 g/mol. The lowest BCUT2D eigenvalue weighted by Crippen LogP contribution is -2.20. The van der Waals surface area contributed by atoms with E-state index in [0.29, 0.717) is 27.7 Å². The molecule has 0 amide bonds. The molecule has 0 fully saturated rings. The van der Waals surface area contributed by atoms with Gasteiger partial charge in [0.15, 0.2) is 5.78 Å². The van der Waals surface area contributed by atoms with Crippen LogP contribution in [0.15, 0.2) is 66.6 Å². The molecule has 0 spiro atoms. The number of imidazole rings is 1. The summed E-state index contributed by atoms with van der Waals surface area (Å²) < 4.78 is 30.3. The first-order valence-corrected chi connectivity index (χ1v) is 11.0. The molecule has 4 rings (SSSR count). The van der Waals surface area contributed by atoms with Crippen molar-refractivity contribution >= 4 is 45.4 Å². The van der Waals surface area contributed by atoms with Gasteiger partial charge in [0.2, 0.25) is 0 Å². The minimum atomic E-state index is -1.44. The molecule has 0 saturated carbocycles. The van der Waals surface area contributed by atoms with Crippen LogP contribution in [0.2, 0.25) is 4.34 Å². The molecule has 148 valence electrons.